The molecule has 0 spiro atoms. The molecule has 2 N–H and O–H groups in total. The number of nitrogens with one attached hydrogen (secondary N) is 1. The predicted molar refractivity (Wildman–Crippen MR) is 96.4 cm³/mol. The summed E-state index contributed by atoms with van der Waals surface area (Å²) in [7, 11) is 1.64. The Morgan fingerprint density at radius 3 is 3.04 bits per heavy atom. The predicted octanol–water partition coefficient (Wildman–Crippen LogP) is 3.93. The van der Waals surface area contributed by atoms with E-state index in [1.807, 2.05) is 29.7 Å². The van der Waals surface area contributed by atoms with Crippen molar-refractivity contribution in [3.8, 4) is 0 Å². The number of aliphatic hydroxyl groups excluding tert-OH is 1. The maximum atomic E-state index is 10.3. The Hall–Kier alpha value is -2.08. The molecule has 0 aromatic carbocycles. The molecular formula is C17H23N3O2S. The second-order valence-electron chi connectivity index (χ2n) is 5.89. The molecule has 3 rings (SSSR count). The van der Waals surface area contributed by atoms with E-state index in [9.17, 15) is 5.11 Å². The zero-order valence-corrected chi connectivity index (χ0v) is 14.3. The minimum absolute atomic E-state index is 0. The normalized spacial score (nSPS) is 23.6. The van der Waals surface area contributed by atoms with Gasteiger partial charge < -0.3 is 15.2 Å². The van der Waals surface area contributed by atoms with Gasteiger partial charge in [0, 0.05) is 19.3 Å². The number of allylic oxidation sites excluding steroid dienone is 2. The molecule has 0 saturated carbocycles. The summed E-state index contributed by atoms with van der Waals surface area (Å²) < 4.78 is 5.29. The van der Waals surface area contributed by atoms with E-state index in [1.165, 1.54) is 0 Å². The van der Waals surface area contributed by atoms with E-state index >= 15 is 0 Å². The van der Waals surface area contributed by atoms with Crippen molar-refractivity contribution in [3.63, 3.8) is 0 Å². The highest BCUT2D eigenvalue weighted by molar-refractivity contribution is 7.13. The lowest BCUT2D eigenvalue weighted by molar-refractivity contribution is 0.293. The van der Waals surface area contributed by atoms with Crippen LogP contribution in [0.1, 0.15) is 27.4 Å². The molecule has 2 unspecified atom stereocenters. The molecule has 124 valence electrons. The lowest BCUT2D eigenvalue weighted by atomic mass is 9.93. The molecule has 1 aromatic heterocycles. The summed E-state index contributed by atoms with van der Waals surface area (Å²) in [5, 5.41) is 16.5. The van der Waals surface area contributed by atoms with Gasteiger partial charge in [0.2, 0.25) is 0 Å². The quantitative estimate of drug-likeness (QED) is 0.876. The number of fused-ring (bicyclic) bond motifs is 1. The Morgan fingerprint density at radius 1 is 1.48 bits per heavy atom. The maximum absolute atomic E-state index is 10.3. The van der Waals surface area contributed by atoms with Crippen LogP contribution < -0.4 is 5.32 Å². The van der Waals surface area contributed by atoms with Crippen molar-refractivity contribution in [1.82, 2.24) is 4.98 Å². The molecule has 23 heavy (non-hydrogen) atoms. The lowest BCUT2D eigenvalue weighted by Crippen LogP contribution is -2.20. The van der Waals surface area contributed by atoms with Gasteiger partial charge in [0.1, 0.15) is 5.76 Å². The summed E-state index contributed by atoms with van der Waals surface area (Å²) in [6.07, 6.45) is 8.16. The van der Waals surface area contributed by atoms with Gasteiger partial charge in [0.15, 0.2) is 5.13 Å². The van der Waals surface area contributed by atoms with Gasteiger partial charge in [-0.1, -0.05) is 6.08 Å². The molecular weight excluding hydrogens is 310 g/mol. The molecule has 2 heterocycles. The van der Waals surface area contributed by atoms with Crippen molar-refractivity contribution in [2.24, 2.45) is 10.9 Å². The van der Waals surface area contributed by atoms with Crippen LogP contribution in [0.2, 0.25) is 0 Å². The van der Waals surface area contributed by atoms with Gasteiger partial charge in [-0.25, -0.2) is 4.98 Å². The first-order valence-corrected chi connectivity index (χ1v) is 8.57. The SMILES string of the molecule is COC1=CC2N=C(c3csc(NC(C)C)n3)CC=C(O)C2C=C1.[HH]. The molecule has 0 bridgehead atoms. The lowest BCUT2D eigenvalue weighted by Gasteiger charge is -2.21. The van der Waals surface area contributed by atoms with Crippen LogP contribution in [0.25, 0.3) is 0 Å². The van der Waals surface area contributed by atoms with Crippen molar-refractivity contribution in [3.05, 3.63) is 46.9 Å². The van der Waals surface area contributed by atoms with Crippen LogP contribution in [-0.2, 0) is 4.74 Å². The van der Waals surface area contributed by atoms with Crippen LogP contribution in [0, 0.1) is 5.92 Å². The van der Waals surface area contributed by atoms with E-state index in [0.717, 1.165) is 22.3 Å². The number of methoxy groups -OCH3 is 1. The van der Waals surface area contributed by atoms with Gasteiger partial charge in [0.25, 0.3) is 0 Å². The first-order valence-electron chi connectivity index (χ1n) is 7.69. The Labute approximate surface area is 141 Å². The fourth-order valence-electron chi connectivity index (χ4n) is 2.63. The summed E-state index contributed by atoms with van der Waals surface area (Å²) in [4.78, 5) is 9.44. The zero-order chi connectivity index (χ0) is 16.4. The summed E-state index contributed by atoms with van der Waals surface area (Å²) in [5.41, 5.74) is 1.75. The number of aliphatic imine (C=N–C) groups is 1. The first-order chi connectivity index (χ1) is 11.1. The summed E-state index contributed by atoms with van der Waals surface area (Å²) in [6, 6.07) is 0.181. The van der Waals surface area contributed by atoms with Gasteiger partial charge in [-0.05, 0) is 32.1 Å². The van der Waals surface area contributed by atoms with Crippen molar-refractivity contribution < 1.29 is 11.3 Å². The molecule has 1 aromatic rings. The zero-order valence-electron chi connectivity index (χ0n) is 13.5. The molecule has 1 aliphatic heterocycles. The van der Waals surface area contributed by atoms with Crippen molar-refractivity contribution in [1.29, 1.82) is 0 Å². The van der Waals surface area contributed by atoms with Crippen LogP contribution in [0.5, 0.6) is 0 Å². The summed E-state index contributed by atoms with van der Waals surface area (Å²) >= 11 is 1.57. The fourth-order valence-corrected chi connectivity index (χ4v) is 3.49. The average molecular weight is 333 g/mol. The smallest absolute Gasteiger partial charge is 0.183 e. The van der Waals surface area contributed by atoms with Gasteiger partial charge in [0.05, 0.1) is 36.2 Å². The molecule has 0 radical (unpaired) electrons. The molecule has 0 amide bonds. The number of thiazole rings is 1. The number of aromatic nitrogens is 1. The molecule has 5 nitrogen and oxygen atoms in total. The highest BCUT2D eigenvalue weighted by Crippen LogP contribution is 2.29. The van der Waals surface area contributed by atoms with Crippen molar-refractivity contribution in [2.45, 2.75) is 32.4 Å². The second-order valence-corrected chi connectivity index (χ2v) is 6.75. The molecule has 0 saturated heterocycles. The topological polar surface area (TPSA) is 66.7 Å². The van der Waals surface area contributed by atoms with Crippen LogP contribution in [0.4, 0.5) is 5.13 Å². The second kappa shape index (κ2) is 6.58. The Bertz CT molecular complexity index is 706. The third kappa shape index (κ3) is 3.47. The number of aliphatic hydroxyl groups is 1. The summed E-state index contributed by atoms with van der Waals surface area (Å²) in [6.45, 7) is 4.17. The largest absolute Gasteiger partial charge is 0.512 e. The van der Waals surface area contributed by atoms with Crippen LogP contribution in [0.3, 0.4) is 0 Å². The molecule has 2 aliphatic rings. The highest BCUT2D eigenvalue weighted by Gasteiger charge is 2.27. The number of rotatable bonds is 4. The van der Waals surface area contributed by atoms with Crippen LogP contribution >= 0.6 is 11.3 Å². The monoisotopic (exact) mass is 333 g/mol. The maximum Gasteiger partial charge on any atom is 0.183 e. The van der Waals surface area contributed by atoms with Gasteiger partial charge in [-0.2, -0.15) is 0 Å². The molecule has 0 fully saturated rings. The van der Waals surface area contributed by atoms with Crippen LogP contribution in [0.15, 0.2) is 46.2 Å². The third-order valence-corrected chi connectivity index (χ3v) is 4.54. The number of hydrogen-bond donors (Lipinski definition) is 2. The van der Waals surface area contributed by atoms with E-state index in [1.54, 1.807) is 18.4 Å². The fraction of sp³-hybridized carbons (Fsp3) is 0.412. The van der Waals surface area contributed by atoms with E-state index in [-0.39, 0.29) is 13.4 Å². The highest BCUT2D eigenvalue weighted by atomic mass is 32.1. The van der Waals surface area contributed by atoms with Crippen molar-refractivity contribution in [2.75, 3.05) is 12.4 Å². The van der Waals surface area contributed by atoms with Crippen molar-refractivity contribution >= 4 is 22.2 Å². The average Bonchev–Trinajstić information content (AvgIpc) is 2.91. The Morgan fingerprint density at radius 2 is 2.30 bits per heavy atom. The number of hydrogen-bond acceptors (Lipinski definition) is 6. The van der Waals surface area contributed by atoms with E-state index in [4.69, 9.17) is 9.73 Å². The van der Waals surface area contributed by atoms with Gasteiger partial charge in [-0.3, -0.25) is 4.99 Å². The Kier molecular flexibility index (Phi) is 4.52. The molecule has 2 atom stereocenters. The van der Waals surface area contributed by atoms with E-state index < -0.39 is 0 Å². The van der Waals surface area contributed by atoms with E-state index in [0.29, 0.717) is 18.2 Å². The standard InChI is InChI=1S/C17H21N3O2S.H2/c1-10(2)18-17-20-15(9-23-17)13-6-7-16(21)12-5-4-11(22-3)8-14(12)19-13;/h4-5,7-10,12,14,21H,6H2,1-3H3,(H,18,20);1H. The summed E-state index contributed by atoms with van der Waals surface area (Å²) in [5.74, 6) is 0.995. The molecule has 1 aliphatic carbocycles. The van der Waals surface area contributed by atoms with Crippen LogP contribution in [-0.4, -0.2) is 35.0 Å². The van der Waals surface area contributed by atoms with Gasteiger partial charge in [-0.15, -0.1) is 11.3 Å². The minimum atomic E-state index is -0.160. The molecule has 6 heteroatoms. The number of nitrogens with zero attached hydrogens (tertiary/aromatic N) is 2. The third-order valence-electron chi connectivity index (χ3n) is 3.77. The van der Waals surface area contributed by atoms with E-state index in [2.05, 4.69) is 24.1 Å². The minimum Gasteiger partial charge on any atom is -0.512 e. The van der Waals surface area contributed by atoms with Gasteiger partial charge >= 0.3 is 0 Å². The number of ether oxygens (including phenoxy) is 1. The first kappa shape index (κ1) is 15.8. The number of anilines is 1. The Balaban J connectivity index is 0.00000208.